The van der Waals surface area contributed by atoms with Crippen LogP contribution in [-0.2, 0) is 0 Å². The maximum atomic E-state index is 13.2. The van der Waals surface area contributed by atoms with Crippen LogP contribution in [0.3, 0.4) is 0 Å². The number of benzene rings is 1. The van der Waals surface area contributed by atoms with Crippen molar-refractivity contribution in [2.45, 2.75) is 0 Å². The van der Waals surface area contributed by atoms with Gasteiger partial charge in [0, 0.05) is 18.3 Å². The first-order chi connectivity index (χ1) is 7.66. The standard InChI is InChI=1S/C11H7F3N2/c12-7-5-8(13)11(9(14)6-7)16-10-3-1-2-4-15-10/h1-6H,(H,15,16). The van der Waals surface area contributed by atoms with Crippen molar-refractivity contribution < 1.29 is 13.2 Å². The summed E-state index contributed by atoms with van der Waals surface area (Å²) in [6.07, 6.45) is 1.47. The highest BCUT2D eigenvalue weighted by atomic mass is 19.1. The summed E-state index contributed by atoms with van der Waals surface area (Å²) in [7, 11) is 0. The van der Waals surface area contributed by atoms with Crippen LogP contribution >= 0.6 is 0 Å². The van der Waals surface area contributed by atoms with Crippen LogP contribution in [0.5, 0.6) is 0 Å². The van der Waals surface area contributed by atoms with Gasteiger partial charge in [0.1, 0.15) is 17.3 Å². The van der Waals surface area contributed by atoms with Crippen LogP contribution in [-0.4, -0.2) is 4.98 Å². The predicted octanol–water partition coefficient (Wildman–Crippen LogP) is 3.24. The van der Waals surface area contributed by atoms with E-state index in [1.54, 1.807) is 18.2 Å². The number of hydrogen-bond acceptors (Lipinski definition) is 2. The summed E-state index contributed by atoms with van der Waals surface area (Å²) < 4.78 is 39.1. The number of anilines is 2. The molecule has 82 valence electrons. The SMILES string of the molecule is Fc1cc(F)c(Nc2ccccn2)c(F)c1. The van der Waals surface area contributed by atoms with Gasteiger partial charge >= 0.3 is 0 Å². The molecule has 0 spiro atoms. The fraction of sp³-hybridized carbons (Fsp3) is 0. The monoisotopic (exact) mass is 224 g/mol. The third kappa shape index (κ3) is 2.13. The largest absolute Gasteiger partial charge is 0.335 e. The number of nitrogens with zero attached hydrogens (tertiary/aromatic N) is 1. The molecule has 5 heteroatoms. The van der Waals surface area contributed by atoms with Crippen molar-refractivity contribution in [3.8, 4) is 0 Å². The Morgan fingerprint density at radius 2 is 1.69 bits per heavy atom. The summed E-state index contributed by atoms with van der Waals surface area (Å²) in [5.74, 6) is -2.67. The maximum Gasteiger partial charge on any atom is 0.152 e. The number of pyridine rings is 1. The fourth-order valence-corrected chi connectivity index (χ4v) is 1.23. The molecule has 2 aromatic rings. The lowest BCUT2D eigenvalue weighted by molar-refractivity contribution is 0.549. The number of nitrogens with one attached hydrogen (secondary N) is 1. The van der Waals surface area contributed by atoms with Crippen LogP contribution in [0.1, 0.15) is 0 Å². The molecule has 0 aliphatic rings. The average Bonchev–Trinajstić information content (AvgIpc) is 2.25. The van der Waals surface area contributed by atoms with E-state index in [1.807, 2.05) is 0 Å². The minimum absolute atomic E-state index is 0.284. The summed E-state index contributed by atoms with van der Waals surface area (Å²) in [5.41, 5.74) is -0.417. The van der Waals surface area contributed by atoms with E-state index >= 15 is 0 Å². The Morgan fingerprint density at radius 1 is 1.00 bits per heavy atom. The van der Waals surface area contributed by atoms with Crippen LogP contribution in [0.2, 0.25) is 0 Å². The molecule has 1 aromatic heterocycles. The summed E-state index contributed by atoms with van der Waals surface area (Å²) >= 11 is 0. The van der Waals surface area contributed by atoms with Crippen LogP contribution in [0.25, 0.3) is 0 Å². The van der Waals surface area contributed by atoms with Crippen molar-refractivity contribution in [1.29, 1.82) is 0 Å². The highest BCUT2D eigenvalue weighted by Gasteiger charge is 2.11. The van der Waals surface area contributed by atoms with Gasteiger partial charge in [0.05, 0.1) is 0 Å². The lowest BCUT2D eigenvalue weighted by atomic mass is 10.2. The summed E-state index contributed by atoms with van der Waals surface area (Å²) in [6, 6.07) is 6.09. The maximum absolute atomic E-state index is 13.2. The van der Waals surface area contributed by atoms with Gasteiger partial charge in [-0.3, -0.25) is 0 Å². The molecule has 0 saturated heterocycles. The third-order valence-corrected chi connectivity index (χ3v) is 1.92. The van der Waals surface area contributed by atoms with Gasteiger partial charge < -0.3 is 5.32 Å². The molecule has 0 amide bonds. The first kappa shape index (κ1) is 10.5. The molecule has 1 aromatic carbocycles. The summed E-state index contributed by atoms with van der Waals surface area (Å²) in [5, 5.41) is 2.44. The van der Waals surface area contributed by atoms with E-state index in [1.165, 1.54) is 6.20 Å². The molecule has 0 unspecified atom stereocenters. The molecule has 1 heterocycles. The van der Waals surface area contributed by atoms with E-state index in [9.17, 15) is 13.2 Å². The molecule has 1 N–H and O–H groups in total. The zero-order valence-electron chi connectivity index (χ0n) is 8.05. The van der Waals surface area contributed by atoms with Crippen molar-refractivity contribution in [2.75, 3.05) is 5.32 Å². The molecule has 0 aliphatic heterocycles. The molecule has 0 atom stereocenters. The van der Waals surface area contributed by atoms with Crippen LogP contribution in [0, 0.1) is 17.5 Å². The third-order valence-electron chi connectivity index (χ3n) is 1.92. The van der Waals surface area contributed by atoms with E-state index < -0.39 is 23.1 Å². The Labute approximate surface area is 89.8 Å². The van der Waals surface area contributed by atoms with E-state index in [-0.39, 0.29) is 5.82 Å². The van der Waals surface area contributed by atoms with Gasteiger partial charge in [-0.05, 0) is 12.1 Å². The van der Waals surface area contributed by atoms with E-state index in [2.05, 4.69) is 10.3 Å². The second-order valence-corrected chi connectivity index (χ2v) is 3.08. The normalized spacial score (nSPS) is 10.2. The molecule has 0 aliphatic carbocycles. The zero-order valence-corrected chi connectivity index (χ0v) is 8.05. The van der Waals surface area contributed by atoms with Gasteiger partial charge in [0.25, 0.3) is 0 Å². The Hall–Kier alpha value is -2.04. The lowest BCUT2D eigenvalue weighted by Gasteiger charge is -2.07. The molecule has 0 bridgehead atoms. The second kappa shape index (κ2) is 4.22. The van der Waals surface area contributed by atoms with Gasteiger partial charge in [0.2, 0.25) is 0 Å². The molecule has 0 radical (unpaired) electrons. The van der Waals surface area contributed by atoms with E-state index in [0.717, 1.165) is 0 Å². The highest BCUT2D eigenvalue weighted by molar-refractivity contribution is 5.57. The van der Waals surface area contributed by atoms with Crippen molar-refractivity contribution in [1.82, 2.24) is 4.98 Å². The van der Waals surface area contributed by atoms with E-state index in [4.69, 9.17) is 0 Å². The minimum Gasteiger partial charge on any atom is -0.335 e. The highest BCUT2D eigenvalue weighted by Crippen LogP contribution is 2.23. The number of hydrogen-bond donors (Lipinski definition) is 1. The quantitative estimate of drug-likeness (QED) is 0.846. The second-order valence-electron chi connectivity index (χ2n) is 3.08. The van der Waals surface area contributed by atoms with Crippen molar-refractivity contribution >= 4 is 11.5 Å². The van der Waals surface area contributed by atoms with Gasteiger partial charge in [-0.1, -0.05) is 6.07 Å². The number of aromatic nitrogens is 1. The number of halogens is 3. The number of rotatable bonds is 2. The first-order valence-corrected chi connectivity index (χ1v) is 4.49. The van der Waals surface area contributed by atoms with Crippen LogP contribution in [0.15, 0.2) is 36.5 Å². The summed E-state index contributed by atoms with van der Waals surface area (Å²) in [6.45, 7) is 0. The van der Waals surface area contributed by atoms with Gasteiger partial charge in [0.15, 0.2) is 11.6 Å². The lowest BCUT2D eigenvalue weighted by Crippen LogP contribution is -1.99. The Morgan fingerprint density at radius 3 is 2.25 bits per heavy atom. The van der Waals surface area contributed by atoms with Gasteiger partial charge in [-0.2, -0.15) is 0 Å². The Kier molecular flexibility index (Phi) is 2.76. The molecule has 16 heavy (non-hydrogen) atoms. The van der Waals surface area contributed by atoms with Crippen LogP contribution < -0.4 is 5.32 Å². The smallest absolute Gasteiger partial charge is 0.152 e. The average molecular weight is 224 g/mol. The van der Waals surface area contributed by atoms with Crippen LogP contribution in [0.4, 0.5) is 24.7 Å². The molecule has 2 nitrogen and oxygen atoms in total. The zero-order chi connectivity index (χ0) is 11.5. The molecule has 2 rings (SSSR count). The molecule has 0 fully saturated rings. The van der Waals surface area contributed by atoms with Gasteiger partial charge in [-0.15, -0.1) is 0 Å². The Balaban J connectivity index is 2.35. The predicted molar refractivity (Wildman–Crippen MR) is 53.8 cm³/mol. The van der Waals surface area contributed by atoms with E-state index in [0.29, 0.717) is 12.1 Å². The van der Waals surface area contributed by atoms with Crippen molar-refractivity contribution in [3.05, 3.63) is 54.0 Å². The first-order valence-electron chi connectivity index (χ1n) is 4.49. The molecular weight excluding hydrogens is 217 g/mol. The fourth-order valence-electron chi connectivity index (χ4n) is 1.23. The van der Waals surface area contributed by atoms with Crippen molar-refractivity contribution in [3.63, 3.8) is 0 Å². The minimum atomic E-state index is -0.997. The van der Waals surface area contributed by atoms with Crippen molar-refractivity contribution in [2.24, 2.45) is 0 Å². The molecule has 0 saturated carbocycles. The van der Waals surface area contributed by atoms with Gasteiger partial charge in [-0.25, -0.2) is 18.2 Å². The summed E-state index contributed by atoms with van der Waals surface area (Å²) in [4.78, 5) is 3.84. The topological polar surface area (TPSA) is 24.9 Å². The molecular formula is C11H7F3N2. The Bertz CT molecular complexity index is 477.